The van der Waals surface area contributed by atoms with Gasteiger partial charge in [0.05, 0.1) is 11.8 Å². The molecular weight excluding hydrogens is 416 g/mol. The van der Waals surface area contributed by atoms with Crippen molar-refractivity contribution in [1.82, 2.24) is 5.01 Å². The molecule has 2 atom stereocenters. The number of carbonyl (C=O) groups is 1. The van der Waals surface area contributed by atoms with Gasteiger partial charge >= 0.3 is 0 Å². The van der Waals surface area contributed by atoms with Crippen LogP contribution in [0.15, 0.2) is 88.4 Å². The van der Waals surface area contributed by atoms with E-state index in [9.17, 15) is 4.79 Å². The Kier molecular flexibility index (Phi) is 4.24. The zero-order valence-corrected chi connectivity index (χ0v) is 16.5. The van der Waals surface area contributed by atoms with Gasteiger partial charge in [-0.25, -0.2) is 5.01 Å². The fourth-order valence-corrected chi connectivity index (χ4v) is 4.03. The maximum absolute atomic E-state index is 13.3. The second-order valence-electron chi connectivity index (χ2n) is 6.89. The molecule has 0 unspecified atom stereocenters. The van der Waals surface area contributed by atoms with Crippen LogP contribution in [-0.4, -0.2) is 22.7 Å². The number of Topliss-reactive ketones (excluding diaryl/α,β-unsaturated/α-hetero) is 1. The van der Waals surface area contributed by atoms with Crippen molar-refractivity contribution in [3.05, 3.63) is 100 Å². The lowest BCUT2D eigenvalue weighted by molar-refractivity contribution is -0.00455. The Morgan fingerprint density at radius 3 is 2.46 bits per heavy atom. The van der Waals surface area contributed by atoms with Gasteiger partial charge in [0, 0.05) is 22.0 Å². The number of ketones is 1. The lowest BCUT2D eigenvalue weighted by atomic mass is 9.96. The van der Waals surface area contributed by atoms with Gasteiger partial charge in [-0.05, 0) is 23.8 Å². The standard InChI is InChI=1S/C23H17BrN2O2/c24-17-12-10-16(11-13-17)22(27)23-26-20(18-8-4-5-9-21(18)28-23)14-19(25-26)15-6-2-1-3-7-15/h1-13,20,23H,14H2/t20-,23-/m1/s1. The number of para-hydroxylation sites is 1. The van der Waals surface area contributed by atoms with Gasteiger partial charge in [0.2, 0.25) is 5.78 Å². The molecule has 0 saturated carbocycles. The van der Waals surface area contributed by atoms with E-state index < -0.39 is 6.23 Å². The average Bonchev–Trinajstić information content (AvgIpc) is 3.20. The molecule has 0 radical (unpaired) electrons. The zero-order valence-electron chi connectivity index (χ0n) is 15.0. The van der Waals surface area contributed by atoms with E-state index in [4.69, 9.17) is 9.84 Å². The molecule has 5 rings (SSSR count). The fraction of sp³-hybridized carbons (Fsp3) is 0.130. The molecule has 5 heteroatoms. The van der Waals surface area contributed by atoms with Crippen LogP contribution < -0.4 is 4.74 Å². The number of hydrogen-bond donors (Lipinski definition) is 0. The van der Waals surface area contributed by atoms with E-state index in [0.29, 0.717) is 5.56 Å². The summed E-state index contributed by atoms with van der Waals surface area (Å²) >= 11 is 3.42. The first kappa shape index (κ1) is 17.2. The predicted octanol–water partition coefficient (Wildman–Crippen LogP) is 5.20. The monoisotopic (exact) mass is 432 g/mol. The van der Waals surface area contributed by atoms with Crippen molar-refractivity contribution in [2.75, 3.05) is 0 Å². The number of benzene rings is 3. The van der Waals surface area contributed by atoms with Crippen LogP contribution in [-0.2, 0) is 0 Å². The second-order valence-corrected chi connectivity index (χ2v) is 7.81. The number of ether oxygens (including phenoxy) is 1. The van der Waals surface area contributed by atoms with Crippen LogP contribution in [0.25, 0.3) is 0 Å². The number of halogens is 1. The molecule has 2 aliphatic rings. The summed E-state index contributed by atoms with van der Waals surface area (Å²) < 4.78 is 7.07. The molecule has 0 aromatic heterocycles. The van der Waals surface area contributed by atoms with E-state index >= 15 is 0 Å². The van der Waals surface area contributed by atoms with Crippen LogP contribution in [0.2, 0.25) is 0 Å². The highest BCUT2D eigenvalue weighted by atomic mass is 79.9. The van der Waals surface area contributed by atoms with Crippen molar-refractivity contribution in [1.29, 1.82) is 0 Å². The molecule has 138 valence electrons. The van der Waals surface area contributed by atoms with Gasteiger partial charge in [0.15, 0.2) is 0 Å². The van der Waals surface area contributed by atoms with Gasteiger partial charge in [0.25, 0.3) is 6.23 Å². The van der Waals surface area contributed by atoms with Gasteiger partial charge in [-0.3, -0.25) is 4.79 Å². The first-order chi connectivity index (χ1) is 13.7. The predicted molar refractivity (Wildman–Crippen MR) is 112 cm³/mol. The highest BCUT2D eigenvalue weighted by Crippen LogP contribution is 2.43. The molecule has 0 saturated heterocycles. The Bertz CT molecular complexity index is 1060. The second kappa shape index (κ2) is 6.91. The number of hydrazone groups is 1. The summed E-state index contributed by atoms with van der Waals surface area (Å²) in [5.41, 5.74) is 3.72. The minimum atomic E-state index is -0.776. The number of fused-ring (bicyclic) bond motifs is 3. The lowest BCUT2D eigenvalue weighted by Gasteiger charge is -2.37. The van der Waals surface area contributed by atoms with E-state index in [0.717, 1.165) is 33.5 Å². The Hall–Kier alpha value is -2.92. The highest BCUT2D eigenvalue weighted by molar-refractivity contribution is 9.10. The summed E-state index contributed by atoms with van der Waals surface area (Å²) in [6.07, 6.45) is -0.0311. The molecule has 0 aliphatic carbocycles. The first-order valence-corrected chi connectivity index (χ1v) is 9.96. The Balaban J connectivity index is 1.56. The molecule has 0 N–H and O–H groups in total. The van der Waals surface area contributed by atoms with Crippen molar-refractivity contribution >= 4 is 27.4 Å². The summed E-state index contributed by atoms with van der Waals surface area (Å²) in [5, 5.41) is 6.65. The molecule has 0 bridgehead atoms. The number of carbonyl (C=O) groups excluding carboxylic acids is 1. The lowest BCUT2D eigenvalue weighted by Crippen LogP contribution is -2.45. The van der Waals surface area contributed by atoms with Crippen LogP contribution in [0, 0.1) is 0 Å². The number of hydrogen-bond acceptors (Lipinski definition) is 4. The maximum atomic E-state index is 13.3. The molecule has 3 aromatic rings. The Morgan fingerprint density at radius 2 is 1.68 bits per heavy atom. The summed E-state index contributed by atoms with van der Waals surface area (Å²) in [4.78, 5) is 13.3. The van der Waals surface area contributed by atoms with Crippen LogP contribution >= 0.6 is 15.9 Å². The molecule has 0 fully saturated rings. The van der Waals surface area contributed by atoms with Crippen LogP contribution in [0.5, 0.6) is 5.75 Å². The SMILES string of the molecule is O=C(c1ccc(Br)cc1)[C@H]1Oc2ccccc2[C@H]2CC(c3ccccc3)=NN12. The minimum absolute atomic E-state index is 0.00967. The molecule has 3 aromatic carbocycles. The number of rotatable bonds is 3. The van der Waals surface area contributed by atoms with Crippen LogP contribution in [0.4, 0.5) is 0 Å². The summed E-state index contributed by atoms with van der Waals surface area (Å²) in [6.45, 7) is 0. The van der Waals surface area contributed by atoms with Crippen molar-refractivity contribution in [2.24, 2.45) is 5.10 Å². The van der Waals surface area contributed by atoms with E-state index in [2.05, 4.69) is 34.1 Å². The summed E-state index contributed by atoms with van der Waals surface area (Å²) in [5.74, 6) is 0.661. The summed E-state index contributed by atoms with van der Waals surface area (Å²) in [6, 6.07) is 25.3. The van der Waals surface area contributed by atoms with E-state index in [1.165, 1.54) is 0 Å². The van der Waals surface area contributed by atoms with E-state index in [1.54, 1.807) is 0 Å². The van der Waals surface area contributed by atoms with Crippen molar-refractivity contribution in [3.63, 3.8) is 0 Å². The third kappa shape index (κ3) is 2.92. The first-order valence-electron chi connectivity index (χ1n) is 9.17. The number of nitrogens with zero attached hydrogens (tertiary/aromatic N) is 2. The minimum Gasteiger partial charge on any atom is -0.461 e. The molecular formula is C23H17BrN2O2. The van der Waals surface area contributed by atoms with Gasteiger partial charge in [-0.15, -0.1) is 0 Å². The van der Waals surface area contributed by atoms with Gasteiger partial charge in [0.1, 0.15) is 5.75 Å². The van der Waals surface area contributed by atoms with Crippen molar-refractivity contribution in [3.8, 4) is 5.75 Å². The third-order valence-electron chi connectivity index (χ3n) is 5.16. The van der Waals surface area contributed by atoms with Crippen molar-refractivity contribution in [2.45, 2.75) is 18.7 Å². The molecule has 28 heavy (non-hydrogen) atoms. The van der Waals surface area contributed by atoms with E-state index in [1.807, 2.05) is 65.7 Å². The molecule has 2 heterocycles. The normalized spacial score (nSPS) is 20.0. The van der Waals surface area contributed by atoms with Crippen LogP contribution in [0.3, 0.4) is 0 Å². The van der Waals surface area contributed by atoms with Gasteiger partial charge in [-0.1, -0.05) is 76.6 Å². The third-order valence-corrected chi connectivity index (χ3v) is 5.69. The molecule has 2 aliphatic heterocycles. The largest absolute Gasteiger partial charge is 0.461 e. The molecule has 4 nitrogen and oxygen atoms in total. The zero-order chi connectivity index (χ0) is 19.1. The average molecular weight is 433 g/mol. The van der Waals surface area contributed by atoms with Crippen molar-refractivity contribution < 1.29 is 9.53 Å². The fourth-order valence-electron chi connectivity index (χ4n) is 3.77. The van der Waals surface area contributed by atoms with Crippen LogP contribution in [0.1, 0.15) is 33.9 Å². The van der Waals surface area contributed by atoms with Gasteiger partial charge in [-0.2, -0.15) is 5.10 Å². The van der Waals surface area contributed by atoms with Gasteiger partial charge < -0.3 is 4.74 Å². The molecule has 0 spiro atoms. The summed E-state index contributed by atoms with van der Waals surface area (Å²) in [7, 11) is 0. The quantitative estimate of drug-likeness (QED) is 0.533. The Labute approximate surface area is 171 Å². The maximum Gasteiger partial charge on any atom is 0.251 e. The topological polar surface area (TPSA) is 41.9 Å². The smallest absolute Gasteiger partial charge is 0.251 e. The highest BCUT2D eigenvalue weighted by Gasteiger charge is 2.43. The molecule has 0 amide bonds. The Morgan fingerprint density at radius 1 is 0.964 bits per heavy atom. The van der Waals surface area contributed by atoms with E-state index in [-0.39, 0.29) is 11.8 Å².